The van der Waals surface area contributed by atoms with Gasteiger partial charge in [-0.3, -0.25) is 9.00 Å². The molecule has 0 bridgehead atoms. The zero-order valence-electron chi connectivity index (χ0n) is 12.6. The fraction of sp³-hybridized carbons (Fsp3) is 0.176. The highest BCUT2D eigenvalue weighted by atomic mass is 32.2. The van der Waals surface area contributed by atoms with Crippen molar-refractivity contribution in [1.82, 2.24) is 0 Å². The van der Waals surface area contributed by atoms with Crippen LogP contribution in [0, 0.1) is 0 Å². The zero-order chi connectivity index (χ0) is 16.8. The summed E-state index contributed by atoms with van der Waals surface area (Å²) in [6.07, 6.45) is 2.13. The van der Waals surface area contributed by atoms with Crippen LogP contribution in [-0.4, -0.2) is 27.4 Å². The van der Waals surface area contributed by atoms with E-state index in [1.54, 1.807) is 48.7 Å². The number of aryl methyl sites for hydroxylation is 1. The van der Waals surface area contributed by atoms with Crippen molar-refractivity contribution in [3.05, 3.63) is 59.7 Å². The average Bonchev–Trinajstić information content (AvgIpc) is 2.53. The van der Waals surface area contributed by atoms with Crippen LogP contribution in [0.1, 0.15) is 22.3 Å². The van der Waals surface area contributed by atoms with Gasteiger partial charge in [0.05, 0.1) is 5.56 Å². The van der Waals surface area contributed by atoms with Crippen LogP contribution in [-0.2, 0) is 22.0 Å². The van der Waals surface area contributed by atoms with Crippen LogP contribution in [0.2, 0.25) is 0 Å². The first-order chi connectivity index (χ1) is 11.0. The summed E-state index contributed by atoms with van der Waals surface area (Å²) < 4.78 is 11.3. The lowest BCUT2D eigenvalue weighted by molar-refractivity contribution is -0.116. The quantitative estimate of drug-likeness (QED) is 0.852. The summed E-state index contributed by atoms with van der Waals surface area (Å²) in [5, 5.41) is 11.9. The van der Waals surface area contributed by atoms with E-state index in [-0.39, 0.29) is 17.9 Å². The Morgan fingerprint density at radius 1 is 1.09 bits per heavy atom. The van der Waals surface area contributed by atoms with E-state index in [4.69, 9.17) is 5.11 Å². The molecule has 0 saturated heterocycles. The second-order valence-corrected chi connectivity index (χ2v) is 6.37. The number of hydrogen-bond donors (Lipinski definition) is 2. The minimum absolute atomic E-state index is 0.186. The molecule has 2 rings (SSSR count). The number of carboxylic acids is 1. The second kappa shape index (κ2) is 7.69. The summed E-state index contributed by atoms with van der Waals surface area (Å²) in [5.74, 6) is -1.19. The summed E-state index contributed by atoms with van der Waals surface area (Å²) in [4.78, 5) is 23.8. The third kappa shape index (κ3) is 4.75. The number of benzene rings is 2. The van der Waals surface area contributed by atoms with Crippen molar-refractivity contribution in [2.45, 2.75) is 17.7 Å². The van der Waals surface area contributed by atoms with E-state index in [9.17, 15) is 13.8 Å². The van der Waals surface area contributed by atoms with Gasteiger partial charge in [0.1, 0.15) is 0 Å². The minimum Gasteiger partial charge on any atom is -0.478 e. The van der Waals surface area contributed by atoms with Crippen molar-refractivity contribution in [1.29, 1.82) is 0 Å². The molecule has 2 aromatic carbocycles. The van der Waals surface area contributed by atoms with Crippen molar-refractivity contribution < 1.29 is 18.9 Å². The Morgan fingerprint density at radius 2 is 1.74 bits per heavy atom. The maximum Gasteiger partial charge on any atom is 0.335 e. The Morgan fingerprint density at radius 3 is 2.35 bits per heavy atom. The lowest BCUT2D eigenvalue weighted by Gasteiger charge is -2.07. The van der Waals surface area contributed by atoms with Gasteiger partial charge in [-0.1, -0.05) is 18.2 Å². The van der Waals surface area contributed by atoms with Gasteiger partial charge in [0.2, 0.25) is 5.91 Å². The molecule has 5 nitrogen and oxygen atoms in total. The van der Waals surface area contributed by atoms with Gasteiger partial charge in [-0.25, -0.2) is 4.79 Å². The molecular weight excluding hydrogens is 314 g/mol. The highest BCUT2D eigenvalue weighted by molar-refractivity contribution is 7.84. The number of carboxylic acid groups (broad SMARTS) is 1. The van der Waals surface area contributed by atoms with E-state index in [1.807, 2.05) is 0 Å². The molecule has 6 heteroatoms. The molecule has 0 saturated carbocycles. The lowest BCUT2D eigenvalue weighted by atomic mass is 10.0. The predicted octanol–water partition coefficient (Wildman–Crippen LogP) is 2.69. The molecule has 23 heavy (non-hydrogen) atoms. The number of nitrogens with one attached hydrogen (secondary N) is 1. The van der Waals surface area contributed by atoms with Gasteiger partial charge in [0, 0.05) is 34.1 Å². The summed E-state index contributed by atoms with van der Waals surface area (Å²) in [7, 11) is -1.05. The van der Waals surface area contributed by atoms with Crippen LogP contribution in [0.15, 0.2) is 53.4 Å². The molecule has 2 N–H and O–H groups in total. The van der Waals surface area contributed by atoms with Gasteiger partial charge in [-0.15, -0.1) is 0 Å². The first kappa shape index (κ1) is 16.9. The molecule has 120 valence electrons. The van der Waals surface area contributed by atoms with Gasteiger partial charge in [-0.2, -0.15) is 0 Å². The molecule has 0 aliphatic heterocycles. The van der Waals surface area contributed by atoms with Crippen molar-refractivity contribution in [2.75, 3.05) is 11.6 Å². The Hall–Kier alpha value is -2.47. The van der Waals surface area contributed by atoms with Crippen molar-refractivity contribution in [3.63, 3.8) is 0 Å². The number of carbonyl (C=O) groups is 2. The number of anilines is 1. The predicted molar refractivity (Wildman–Crippen MR) is 89.1 cm³/mol. The fourth-order valence-electron chi connectivity index (χ4n) is 2.15. The molecule has 0 spiro atoms. The maximum absolute atomic E-state index is 12.0. The largest absolute Gasteiger partial charge is 0.478 e. The third-order valence-corrected chi connectivity index (χ3v) is 4.28. The van der Waals surface area contributed by atoms with Gasteiger partial charge in [0.25, 0.3) is 0 Å². The molecule has 0 heterocycles. The van der Waals surface area contributed by atoms with Gasteiger partial charge in [0.15, 0.2) is 0 Å². The van der Waals surface area contributed by atoms with E-state index in [0.29, 0.717) is 22.6 Å². The number of amides is 1. The number of carbonyl (C=O) groups excluding carboxylic acids is 1. The Kier molecular flexibility index (Phi) is 5.65. The first-order valence-electron chi connectivity index (χ1n) is 7.02. The van der Waals surface area contributed by atoms with Crippen LogP contribution in [0.3, 0.4) is 0 Å². The summed E-state index contributed by atoms with van der Waals surface area (Å²) in [6.45, 7) is 0. The SMILES string of the molecule is CS(=O)c1ccc(NC(=O)CCc2ccccc2C(=O)O)cc1. The Labute approximate surface area is 136 Å². The highest BCUT2D eigenvalue weighted by Crippen LogP contribution is 2.14. The molecule has 1 amide bonds. The molecule has 0 fully saturated rings. The summed E-state index contributed by atoms with van der Waals surface area (Å²) in [6, 6.07) is 13.4. The zero-order valence-corrected chi connectivity index (χ0v) is 13.4. The van der Waals surface area contributed by atoms with Crippen molar-refractivity contribution >= 4 is 28.4 Å². The Bertz CT molecular complexity index is 741. The van der Waals surface area contributed by atoms with Crippen molar-refractivity contribution in [2.24, 2.45) is 0 Å². The normalized spacial score (nSPS) is 11.7. The molecular formula is C17H17NO4S. The molecule has 1 atom stereocenters. The van der Waals surface area contributed by atoms with E-state index >= 15 is 0 Å². The van der Waals surface area contributed by atoms with Gasteiger partial charge < -0.3 is 10.4 Å². The highest BCUT2D eigenvalue weighted by Gasteiger charge is 2.11. The van der Waals surface area contributed by atoms with E-state index in [2.05, 4.69) is 5.32 Å². The fourth-order valence-corrected chi connectivity index (χ4v) is 2.67. The number of aromatic carboxylic acids is 1. The molecule has 0 aromatic heterocycles. The molecule has 2 aromatic rings. The molecule has 0 aliphatic rings. The maximum atomic E-state index is 12.0. The van der Waals surface area contributed by atoms with Crippen LogP contribution >= 0.6 is 0 Å². The smallest absolute Gasteiger partial charge is 0.335 e. The summed E-state index contributed by atoms with van der Waals surface area (Å²) in [5.41, 5.74) is 1.47. The van der Waals surface area contributed by atoms with Gasteiger partial charge in [-0.05, 0) is 42.3 Å². The van der Waals surface area contributed by atoms with Crippen molar-refractivity contribution in [3.8, 4) is 0 Å². The average molecular weight is 331 g/mol. The number of rotatable bonds is 6. The van der Waals surface area contributed by atoms with Crippen LogP contribution in [0.25, 0.3) is 0 Å². The van der Waals surface area contributed by atoms with E-state index < -0.39 is 16.8 Å². The molecule has 0 aliphatic carbocycles. The van der Waals surface area contributed by atoms with Gasteiger partial charge >= 0.3 is 5.97 Å². The first-order valence-corrected chi connectivity index (χ1v) is 8.57. The topological polar surface area (TPSA) is 83.5 Å². The van der Waals surface area contributed by atoms with Crippen LogP contribution in [0.5, 0.6) is 0 Å². The monoisotopic (exact) mass is 331 g/mol. The minimum atomic E-state index is -1.05. The standard InChI is InChI=1S/C17H17NO4S/c1-23(22)14-9-7-13(8-10-14)18-16(19)11-6-12-4-2-3-5-15(12)17(20)21/h2-5,7-10H,6,11H2,1H3,(H,18,19)(H,20,21). The van der Waals surface area contributed by atoms with E-state index in [0.717, 1.165) is 0 Å². The lowest BCUT2D eigenvalue weighted by Crippen LogP contribution is -2.13. The third-order valence-electron chi connectivity index (χ3n) is 3.34. The summed E-state index contributed by atoms with van der Waals surface area (Å²) >= 11 is 0. The van der Waals surface area contributed by atoms with E-state index in [1.165, 1.54) is 6.07 Å². The second-order valence-electron chi connectivity index (χ2n) is 4.99. The molecule has 0 radical (unpaired) electrons. The van der Waals surface area contributed by atoms with Crippen LogP contribution < -0.4 is 5.32 Å². The van der Waals surface area contributed by atoms with Crippen LogP contribution in [0.4, 0.5) is 5.69 Å². The number of hydrogen-bond acceptors (Lipinski definition) is 3. The Balaban J connectivity index is 1.95. The molecule has 1 unspecified atom stereocenters.